The first-order chi connectivity index (χ1) is 12.9. The second-order valence-electron chi connectivity index (χ2n) is 6.16. The third-order valence-electron chi connectivity index (χ3n) is 3.98. The molecule has 27 heavy (non-hydrogen) atoms. The van der Waals surface area contributed by atoms with Crippen LogP contribution in [0.2, 0.25) is 4.34 Å². The second kappa shape index (κ2) is 8.86. The number of amides is 1. The van der Waals surface area contributed by atoms with E-state index in [4.69, 9.17) is 16.4 Å². The molecule has 2 aromatic rings. The van der Waals surface area contributed by atoms with Crippen molar-refractivity contribution in [2.24, 2.45) is 5.16 Å². The molecule has 0 bridgehead atoms. The fourth-order valence-electron chi connectivity index (χ4n) is 2.65. The second-order valence-corrected chi connectivity index (χ2v) is 10.1. The number of hydrogen-bond donors (Lipinski definition) is 1. The molecule has 0 spiro atoms. The lowest BCUT2D eigenvalue weighted by Gasteiger charge is -2.09. The molecule has 0 saturated carbocycles. The molecule has 3 rings (SSSR count). The van der Waals surface area contributed by atoms with E-state index >= 15 is 0 Å². The Hall–Kier alpha value is -1.90. The Balaban J connectivity index is 1.39. The minimum absolute atomic E-state index is 0.00803. The van der Waals surface area contributed by atoms with Gasteiger partial charge in [0, 0.05) is 13.0 Å². The average Bonchev–Trinajstić information content (AvgIpc) is 3.28. The highest BCUT2D eigenvalue weighted by molar-refractivity contribution is 7.90. The molecule has 0 radical (unpaired) electrons. The van der Waals surface area contributed by atoms with Gasteiger partial charge in [0.25, 0.3) is 5.91 Å². The Morgan fingerprint density at radius 1 is 1.26 bits per heavy atom. The van der Waals surface area contributed by atoms with Crippen molar-refractivity contribution in [3.05, 3.63) is 57.2 Å². The van der Waals surface area contributed by atoms with Crippen molar-refractivity contribution >= 4 is 44.4 Å². The molecule has 2 heterocycles. The standard InChI is InChI=1S/C18H19ClN2O4S2/c19-17-8-7-16(26-17)14-11-15(25-21-14)18(22)20-9-4-10-27(23,24)12-13-5-2-1-3-6-13/h1-3,5-8,15H,4,9-12H2,(H,20,22). The van der Waals surface area contributed by atoms with Crippen LogP contribution in [0.5, 0.6) is 0 Å². The van der Waals surface area contributed by atoms with Gasteiger partial charge in [0.2, 0.25) is 6.10 Å². The number of oxime groups is 1. The van der Waals surface area contributed by atoms with Crippen LogP contribution in [0.15, 0.2) is 47.6 Å². The maximum absolute atomic E-state index is 12.2. The third kappa shape index (κ3) is 5.79. The molecule has 1 unspecified atom stereocenters. The van der Waals surface area contributed by atoms with Gasteiger partial charge in [-0.3, -0.25) is 4.79 Å². The van der Waals surface area contributed by atoms with Crippen LogP contribution in [0.25, 0.3) is 0 Å². The zero-order valence-corrected chi connectivity index (χ0v) is 16.8. The zero-order valence-electron chi connectivity index (χ0n) is 14.4. The molecular formula is C18H19ClN2O4S2. The van der Waals surface area contributed by atoms with Crippen LogP contribution in [0.1, 0.15) is 23.3 Å². The summed E-state index contributed by atoms with van der Waals surface area (Å²) in [7, 11) is -3.21. The number of carbonyl (C=O) groups excluding carboxylic acids is 1. The van der Waals surface area contributed by atoms with Crippen molar-refractivity contribution in [1.82, 2.24) is 5.32 Å². The van der Waals surface area contributed by atoms with Gasteiger partial charge in [0.15, 0.2) is 9.84 Å². The molecule has 1 N–H and O–H groups in total. The number of benzene rings is 1. The van der Waals surface area contributed by atoms with Gasteiger partial charge in [-0.25, -0.2) is 8.42 Å². The van der Waals surface area contributed by atoms with Crippen molar-refractivity contribution in [3.8, 4) is 0 Å². The highest BCUT2D eigenvalue weighted by atomic mass is 35.5. The summed E-state index contributed by atoms with van der Waals surface area (Å²) in [5, 5.41) is 6.66. The van der Waals surface area contributed by atoms with E-state index in [0.29, 0.717) is 22.9 Å². The Morgan fingerprint density at radius 2 is 2.04 bits per heavy atom. The van der Waals surface area contributed by atoms with Gasteiger partial charge in [0.05, 0.1) is 20.7 Å². The molecule has 0 fully saturated rings. The van der Waals surface area contributed by atoms with Gasteiger partial charge in [-0.15, -0.1) is 11.3 Å². The van der Waals surface area contributed by atoms with Gasteiger partial charge in [0.1, 0.15) is 5.71 Å². The molecule has 0 saturated heterocycles. The van der Waals surface area contributed by atoms with Gasteiger partial charge in [-0.05, 0) is 24.1 Å². The Labute approximate surface area is 167 Å². The molecule has 1 aliphatic heterocycles. The van der Waals surface area contributed by atoms with Gasteiger partial charge >= 0.3 is 0 Å². The monoisotopic (exact) mass is 426 g/mol. The minimum atomic E-state index is -3.21. The number of sulfone groups is 1. The number of nitrogens with zero attached hydrogens (tertiary/aromatic N) is 1. The lowest BCUT2D eigenvalue weighted by Crippen LogP contribution is -2.35. The molecule has 1 aromatic carbocycles. The summed E-state index contributed by atoms with van der Waals surface area (Å²) >= 11 is 7.28. The lowest BCUT2D eigenvalue weighted by atomic mass is 10.1. The van der Waals surface area contributed by atoms with Crippen LogP contribution in [-0.4, -0.2) is 38.4 Å². The fourth-order valence-corrected chi connectivity index (χ4v) is 5.11. The predicted molar refractivity (Wildman–Crippen MR) is 107 cm³/mol. The van der Waals surface area contributed by atoms with Crippen LogP contribution in [0.4, 0.5) is 0 Å². The molecule has 144 valence electrons. The van der Waals surface area contributed by atoms with Crippen molar-refractivity contribution in [2.45, 2.75) is 24.7 Å². The van der Waals surface area contributed by atoms with E-state index in [1.165, 1.54) is 11.3 Å². The number of carbonyl (C=O) groups is 1. The first kappa shape index (κ1) is 19.9. The maximum Gasteiger partial charge on any atom is 0.264 e. The molecule has 1 aliphatic rings. The van der Waals surface area contributed by atoms with Crippen LogP contribution in [-0.2, 0) is 25.2 Å². The van der Waals surface area contributed by atoms with Crippen LogP contribution < -0.4 is 5.32 Å². The van der Waals surface area contributed by atoms with Crippen molar-refractivity contribution < 1.29 is 18.0 Å². The van der Waals surface area contributed by atoms with Crippen molar-refractivity contribution in [1.29, 1.82) is 0 Å². The molecule has 1 amide bonds. The minimum Gasteiger partial charge on any atom is -0.382 e. The van der Waals surface area contributed by atoms with E-state index in [1.807, 2.05) is 24.3 Å². The average molecular weight is 427 g/mol. The quantitative estimate of drug-likeness (QED) is 0.657. The highest BCUT2D eigenvalue weighted by Crippen LogP contribution is 2.26. The summed E-state index contributed by atoms with van der Waals surface area (Å²) in [6, 6.07) is 12.7. The van der Waals surface area contributed by atoms with Crippen molar-refractivity contribution in [2.75, 3.05) is 12.3 Å². The largest absolute Gasteiger partial charge is 0.382 e. The molecule has 6 nitrogen and oxygen atoms in total. The predicted octanol–water partition coefficient (Wildman–Crippen LogP) is 3.02. The summed E-state index contributed by atoms with van der Waals surface area (Å²) < 4.78 is 24.9. The Kier molecular flexibility index (Phi) is 6.51. The maximum atomic E-state index is 12.2. The molecule has 1 atom stereocenters. The van der Waals surface area contributed by atoms with E-state index in [1.54, 1.807) is 18.2 Å². The van der Waals surface area contributed by atoms with E-state index in [9.17, 15) is 13.2 Å². The van der Waals surface area contributed by atoms with Gasteiger partial charge in [-0.2, -0.15) is 0 Å². The first-order valence-electron chi connectivity index (χ1n) is 8.43. The lowest BCUT2D eigenvalue weighted by molar-refractivity contribution is -0.131. The van der Waals surface area contributed by atoms with Crippen LogP contribution in [0, 0.1) is 0 Å². The van der Waals surface area contributed by atoms with Crippen LogP contribution >= 0.6 is 22.9 Å². The summed E-state index contributed by atoms with van der Waals surface area (Å²) in [6.07, 6.45) is 0.0263. The molecule has 0 aliphatic carbocycles. The van der Waals surface area contributed by atoms with E-state index in [2.05, 4.69) is 10.5 Å². The summed E-state index contributed by atoms with van der Waals surface area (Å²) in [5.41, 5.74) is 1.46. The molecule has 1 aromatic heterocycles. The van der Waals surface area contributed by atoms with Gasteiger partial charge in [-0.1, -0.05) is 47.1 Å². The SMILES string of the molecule is O=C(NCCCS(=O)(=O)Cc1ccccc1)C1CC(c2ccc(Cl)s2)=NO1. The summed E-state index contributed by atoms with van der Waals surface area (Å²) in [5.74, 6) is -0.270. The molecular weight excluding hydrogens is 408 g/mol. The normalized spacial score (nSPS) is 16.6. The fraction of sp³-hybridized carbons (Fsp3) is 0.333. The summed E-state index contributed by atoms with van der Waals surface area (Å²) in [6.45, 7) is 0.271. The molecule has 9 heteroatoms. The number of hydrogen-bond acceptors (Lipinski definition) is 6. The summed E-state index contributed by atoms with van der Waals surface area (Å²) in [4.78, 5) is 18.2. The Bertz CT molecular complexity index is 926. The smallest absolute Gasteiger partial charge is 0.264 e. The van der Waals surface area contributed by atoms with Crippen molar-refractivity contribution in [3.63, 3.8) is 0 Å². The van der Waals surface area contributed by atoms with E-state index < -0.39 is 15.9 Å². The third-order valence-corrected chi connectivity index (χ3v) is 6.94. The van der Waals surface area contributed by atoms with Gasteiger partial charge < -0.3 is 10.2 Å². The zero-order chi connectivity index (χ0) is 19.3. The number of rotatable bonds is 8. The Morgan fingerprint density at radius 3 is 2.74 bits per heavy atom. The number of halogens is 1. The van der Waals surface area contributed by atoms with Crippen LogP contribution in [0.3, 0.4) is 0 Å². The number of thiophene rings is 1. The number of nitrogens with one attached hydrogen (secondary N) is 1. The topological polar surface area (TPSA) is 84.8 Å². The van der Waals surface area contributed by atoms with E-state index in [0.717, 1.165) is 10.4 Å². The first-order valence-corrected chi connectivity index (χ1v) is 11.4. The van der Waals surface area contributed by atoms with E-state index in [-0.39, 0.29) is 24.0 Å². The highest BCUT2D eigenvalue weighted by Gasteiger charge is 2.29.